The molecule has 0 fully saturated rings. The molecule has 0 aromatic heterocycles. The number of sulfone groups is 1. The van der Waals surface area contributed by atoms with Crippen LogP contribution >= 0.6 is 0 Å². The second-order valence-electron chi connectivity index (χ2n) is 4.45. The summed E-state index contributed by atoms with van der Waals surface area (Å²) in [6, 6.07) is 12.6. The van der Waals surface area contributed by atoms with Crippen LogP contribution in [0.2, 0.25) is 0 Å². The van der Waals surface area contributed by atoms with E-state index in [2.05, 4.69) is 0 Å². The molecular weight excluding hydrogens is 277 g/mol. The first-order valence-electron chi connectivity index (χ1n) is 5.87. The quantitative estimate of drug-likeness (QED) is 0.872. The number of rotatable bonds is 3. The summed E-state index contributed by atoms with van der Waals surface area (Å²) < 4.78 is 37.1. The predicted molar refractivity (Wildman–Crippen MR) is 74.3 cm³/mol. The van der Waals surface area contributed by atoms with Gasteiger partial charge in [-0.3, -0.25) is 0 Å². The minimum absolute atomic E-state index is 0.139. The van der Waals surface area contributed by atoms with Crippen LogP contribution in [0.4, 0.5) is 4.39 Å². The molecule has 0 aliphatic carbocycles. The van der Waals surface area contributed by atoms with Crippen LogP contribution in [-0.4, -0.2) is 14.7 Å². The third kappa shape index (κ3) is 3.03. The molecule has 0 unspecified atom stereocenters. The maximum Gasteiger partial charge on any atom is 0.175 e. The third-order valence-electron chi connectivity index (χ3n) is 2.89. The zero-order valence-corrected chi connectivity index (χ0v) is 11.6. The molecule has 0 atom stereocenters. The highest BCUT2D eigenvalue weighted by molar-refractivity contribution is 7.90. The maximum atomic E-state index is 14.0. The zero-order chi connectivity index (χ0) is 14.8. The van der Waals surface area contributed by atoms with Gasteiger partial charge in [0.2, 0.25) is 0 Å². The fourth-order valence-corrected chi connectivity index (χ4v) is 2.56. The van der Waals surface area contributed by atoms with Gasteiger partial charge in [-0.2, -0.15) is 5.26 Å². The summed E-state index contributed by atoms with van der Waals surface area (Å²) in [4.78, 5) is 0.149. The Labute approximate surface area is 117 Å². The monoisotopic (exact) mass is 289 g/mol. The molecule has 2 aromatic rings. The van der Waals surface area contributed by atoms with Crippen molar-refractivity contribution in [2.75, 3.05) is 6.26 Å². The van der Waals surface area contributed by atoms with E-state index in [1.165, 1.54) is 18.2 Å². The van der Waals surface area contributed by atoms with Gasteiger partial charge in [-0.15, -0.1) is 0 Å². The SMILES string of the molecule is CS(=O)(=O)c1cccc(-c2ccc(CC#N)cc2F)c1. The third-order valence-corrected chi connectivity index (χ3v) is 4.00. The lowest BCUT2D eigenvalue weighted by atomic mass is 10.0. The first-order chi connectivity index (χ1) is 9.41. The Hall–Kier alpha value is -2.19. The van der Waals surface area contributed by atoms with Gasteiger partial charge < -0.3 is 0 Å². The van der Waals surface area contributed by atoms with Crippen LogP contribution in [0.25, 0.3) is 11.1 Å². The van der Waals surface area contributed by atoms with E-state index in [1.807, 2.05) is 6.07 Å². The van der Waals surface area contributed by atoms with Gasteiger partial charge in [-0.25, -0.2) is 12.8 Å². The molecule has 0 N–H and O–H groups in total. The van der Waals surface area contributed by atoms with Crippen LogP contribution < -0.4 is 0 Å². The summed E-state index contributed by atoms with van der Waals surface area (Å²) in [6.45, 7) is 0. The van der Waals surface area contributed by atoms with Crippen LogP contribution in [-0.2, 0) is 16.3 Å². The summed E-state index contributed by atoms with van der Waals surface area (Å²) in [5, 5.41) is 8.58. The number of halogens is 1. The molecule has 2 aromatic carbocycles. The van der Waals surface area contributed by atoms with Crippen LogP contribution in [0.1, 0.15) is 5.56 Å². The molecule has 0 amide bonds. The zero-order valence-electron chi connectivity index (χ0n) is 10.8. The second kappa shape index (κ2) is 5.43. The molecule has 0 aliphatic rings. The average molecular weight is 289 g/mol. The van der Waals surface area contributed by atoms with Crippen molar-refractivity contribution in [2.45, 2.75) is 11.3 Å². The van der Waals surface area contributed by atoms with Gasteiger partial charge in [-0.05, 0) is 29.3 Å². The minimum Gasteiger partial charge on any atom is -0.224 e. The second-order valence-corrected chi connectivity index (χ2v) is 6.46. The molecular formula is C15H12FNO2S. The maximum absolute atomic E-state index is 14.0. The summed E-state index contributed by atoms with van der Waals surface area (Å²) >= 11 is 0. The number of nitriles is 1. The predicted octanol–water partition coefficient (Wildman–Crippen LogP) is 2.96. The molecule has 20 heavy (non-hydrogen) atoms. The van der Waals surface area contributed by atoms with Crippen LogP contribution in [0.5, 0.6) is 0 Å². The highest BCUT2D eigenvalue weighted by Crippen LogP contribution is 2.26. The Balaban J connectivity index is 2.50. The van der Waals surface area contributed by atoms with Gasteiger partial charge in [0, 0.05) is 11.8 Å². The van der Waals surface area contributed by atoms with Crippen molar-refractivity contribution in [3.05, 3.63) is 53.8 Å². The van der Waals surface area contributed by atoms with Gasteiger partial charge >= 0.3 is 0 Å². The lowest BCUT2D eigenvalue weighted by molar-refractivity contribution is 0.601. The van der Waals surface area contributed by atoms with Crippen molar-refractivity contribution in [1.29, 1.82) is 5.26 Å². The summed E-state index contributed by atoms with van der Waals surface area (Å²) in [5.74, 6) is -0.469. The molecule has 0 spiro atoms. The Bertz CT molecular complexity index is 792. The van der Waals surface area contributed by atoms with E-state index in [4.69, 9.17) is 5.26 Å². The normalized spacial score (nSPS) is 11.1. The molecule has 0 saturated carbocycles. The van der Waals surface area contributed by atoms with Gasteiger partial charge in [0.25, 0.3) is 0 Å². The molecule has 0 saturated heterocycles. The van der Waals surface area contributed by atoms with E-state index in [1.54, 1.807) is 24.3 Å². The van der Waals surface area contributed by atoms with Crippen molar-refractivity contribution < 1.29 is 12.8 Å². The molecule has 0 radical (unpaired) electrons. The molecule has 2 rings (SSSR count). The molecule has 3 nitrogen and oxygen atoms in total. The van der Waals surface area contributed by atoms with Crippen molar-refractivity contribution in [2.24, 2.45) is 0 Å². The van der Waals surface area contributed by atoms with E-state index >= 15 is 0 Å². The molecule has 0 aliphatic heterocycles. The molecule has 102 valence electrons. The highest BCUT2D eigenvalue weighted by Gasteiger charge is 2.11. The van der Waals surface area contributed by atoms with Crippen molar-refractivity contribution in [1.82, 2.24) is 0 Å². The number of hydrogen-bond donors (Lipinski definition) is 0. The summed E-state index contributed by atoms with van der Waals surface area (Å²) in [7, 11) is -3.33. The number of hydrogen-bond acceptors (Lipinski definition) is 3. The lowest BCUT2D eigenvalue weighted by Gasteiger charge is -2.07. The average Bonchev–Trinajstić information content (AvgIpc) is 2.38. The molecule has 0 heterocycles. The Morgan fingerprint density at radius 2 is 1.95 bits per heavy atom. The summed E-state index contributed by atoms with van der Waals surface area (Å²) in [5.41, 5.74) is 1.40. The smallest absolute Gasteiger partial charge is 0.175 e. The van der Waals surface area contributed by atoms with Crippen LogP contribution in [0, 0.1) is 17.1 Å². The van der Waals surface area contributed by atoms with Crippen LogP contribution in [0.15, 0.2) is 47.4 Å². The van der Waals surface area contributed by atoms with E-state index < -0.39 is 15.7 Å². The van der Waals surface area contributed by atoms with Crippen LogP contribution in [0.3, 0.4) is 0 Å². The fourth-order valence-electron chi connectivity index (χ4n) is 1.89. The van der Waals surface area contributed by atoms with Crippen molar-refractivity contribution in [3.8, 4) is 17.2 Å². The fraction of sp³-hybridized carbons (Fsp3) is 0.133. The standard InChI is InChI=1S/C15H12FNO2S/c1-20(18,19)13-4-2-3-12(10-13)14-6-5-11(7-8-17)9-15(14)16/h2-6,9-10H,7H2,1H3. The number of benzene rings is 2. The van der Waals surface area contributed by atoms with Gasteiger partial charge in [0.05, 0.1) is 17.4 Å². The van der Waals surface area contributed by atoms with Gasteiger partial charge in [0.1, 0.15) is 5.82 Å². The highest BCUT2D eigenvalue weighted by atomic mass is 32.2. The Morgan fingerprint density at radius 1 is 1.20 bits per heavy atom. The minimum atomic E-state index is -3.33. The van der Waals surface area contributed by atoms with E-state index in [0.29, 0.717) is 16.7 Å². The van der Waals surface area contributed by atoms with Crippen molar-refractivity contribution in [3.63, 3.8) is 0 Å². The molecule has 5 heteroatoms. The largest absolute Gasteiger partial charge is 0.224 e. The van der Waals surface area contributed by atoms with Gasteiger partial charge in [-0.1, -0.05) is 24.3 Å². The van der Waals surface area contributed by atoms with E-state index in [9.17, 15) is 12.8 Å². The Morgan fingerprint density at radius 3 is 2.55 bits per heavy atom. The van der Waals surface area contributed by atoms with E-state index in [0.717, 1.165) is 6.26 Å². The Kier molecular flexibility index (Phi) is 3.86. The molecule has 0 bridgehead atoms. The lowest BCUT2D eigenvalue weighted by Crippen LogP contribution is -1.97. The van der Waals surface area contributed by atoms with E-state index in [-0.39, 0.29) is 11.3 Å². The van der Waals surface area contributed by atoms with Gasteiger partial charge in [0.15, 0.2) is 9.84 Å². The first-order valence-corrected chi connectivity index (χ1v) is 7.77. The summed E-state index contributed by atoms with van der Waals surface area (Å²) in [6.07, 6.45) is 1.25. The van der Waals surface area contributed by atoms with Crippen molar-refractivity contribution >= 4 is 9.84 Å². The first kappa shape index (κ1) is 14.2. The topological polar surface area (TPSA) is 57.9 Å². The number of nitrogens with zero attached hydrogens (tertiary/aromatic N) is 1.